The zero-order chi connectivity index (χ0) is 18.6. The van der Waals surface area contributed by atoms with Gasteiger partial charge >= 0.3 is 5.97 Å². The van der Waals surface area contributed by atoms with Crippen molar-refractivity contribution in [2.45, 2.75) is 69.6 Å². The Labute approximate surface area is 143 Å². The van der Waals surface area contributed by atoms with E-state index in [4.69, 9.17) is 9.47 Å². The van der Waals surface area contributed by atoms with E-state index in [1.165, 1.54) is 0 Å². The molecule has 0 aliphatic heterocycles. The molecule has 8 heteroatoms. The molecule has 0 bridgehead atoms. The molecular weight excluding hydrogens is 347 g/mol. The van der Waals surface area contributed by atoms with Crippen molar-refractivity contribution in [3.05, 3.63) is 11.6 Å². The van der Waals surface area contributed by atoms with E-state index in [2.05, 4.69) is 6.92 Å². The molecule has 25 heavy (non-hydrogen) atoms. The minimum atomic E-state index is -2.85. The van der Waals surface area contributed by atoms with E-state index in [9.17, 15) is 26.7 Å². The maximum Gasteiger partial charge on any atom is 0.333 e. The second-order valence-corrected chi connectivity index (χ2v) is 6.47. The van der Waals surface area contributed by atoms with Gasteiger partial charge in [0.1, 0.15) is 12.7 Å². The molecule has 2 aliphatic rings. The third-order valence-corrected chi connectivity index (χ3v) is 4.83. The predicted molar refractivity (Wildman–Crippen MR) is 80.9 cm³/mol. The average molecular weight is 370 g/mol. The van der Waals surface area contributed by atoms with Crippen molar-refractivity contribution in [2.75, 3.05) is 13.2 Å². The van der Waals surface area contributed by atoms with Gasteiger partial charge in [-0.05, 0) is 25.2 Å². The molecule has 5 atom stereocenters. The first kappa shape index (κ1) is 20.1. The third-order valence-electron chi connectivity index (χ3n) is 4.83. The normalized spacial score (nSPS) is 39.0. The molecule has 0 spiro atoms. The number of carbonyl (C=O) groups excluding carboxylic acids is 1. The molecule has 0 aromatic heterocycles. The van der Waals surface area contributed by atoms with Crippen LogP contribution < -0.4 is 0 Å². The number of esters is 1. The number of hydrogen-bond acceptors (Lipinski definition) is 3. The van der Waals surface area contributed by atoms with Crippen molar-refractivity contribution in [3.63, 3.8) is 0 Å². The van der Waals surface area contributed by atoms with E-state index < -0.39 is 49.5 Å². The van der Waals surface area contributed by atoms with Gasteiger partial charge in [0.25, 0.3) is 0 Å². The first-order chi connectivity index (χ1) is 11.9. The highest BCUT2D eigenvalue weighted by Gasteiger charge is 2.54. The van der Waals surface area contributed by atoms with Crippen molar-refractivity contribution in [3.8, 4) is 0 Å². The van der Waals surface area contributed by atoms with Crippen LogP contribution in [-0.2, 0) is 14.3 Å². The molecule has 0 amide bonds. The lowest BCUT2D eigenvalue weighted by atomic mass is 9.88. The van der Waals surface area contributed by atoms with Crippen molar-refractivity contribution in [2.24, 2.45) is 5.92 Å². The van der Waals surface area contributed by atoms with Gasteiger partial charge in [-0.3, -0.25) is 0 Å². The van der Waals surface area contributed by atoms with Gasteiger partial charge in [-0.1, -0.05) is 19.4 Å². The van der Waals surface area contributed by atoms with E-state index in [-0.39, 0.29) is 6.61 Å². The fourth-order valence-corrected chi connectivity index (χ4v) is 3.10. The Hall–Kier alpha value is -1.18. The summed E-state index contributed by atoms with van der Waals surface area (Å²) in [5.41, 5.74) is 0.544. The highest BCUT2D eigenvalue weighted by Crippen LogP contribution is 2.33. The molecule has 0 heterocycles. The molecule has 5 unspecified atom stereocenters. The van der Waals surface area contributed by atoms with Crippen LogP contribution in [0.1, 0.15) is 32.6 Å². The van der Waals surface area contributed by atoms with Crippen molar-refractivity contribution >= 4 is 5.97 Å². The summed E-state index contributed by atoms with van der Waals surface area (Å²) in [6.45, 7) is 1.34. The van der Waals surface area contributed by atoms with Crippen LogP contribution >= 0.6 is 0 Å². The van der Waals surface area contributed by atoms with Crippen LogP contribution in [0.3, 0.4) is 0 Å². The number of allylic oxidation sites excluding steroid dienone is 1. The second kappa shape index (κ2) is 8.96. The van der Waals surface area contributed by atoms with E-state index in [1.807, 2.05) is 6.08 Å². The van der Waals surface area contributed by atoms with Crippen LogP contribution in [0.2, 0.25) is 0 Å². The molecule has 1 saturated carbocycles. The summed E-state index contributed by atoms with van der Waals surface area (Å²) < 4.78 is 76.5. The topological polar surface area (TPSA) is 35.5 Å². The lowest BCUT2D eigenvalue weighted by molar-refractivity contribution is -0.159. The molecule has 1 fully saturated rings. The van der Waals surface area contributed by atoms with Crippen LogP contribution in [0.5, 0.6) is 0 Å². The van der Waals surface area contributed by atoms with Crippen LogP contribution in [0.25, 0.3) is 0 Å². The minimum Gasteiger partial charge on any atom is -0.460 e. The molecule has 0 radical (unpaired) electrons. The Balaban J connectivity index is 1.75. The van der Waals surface area contributed by atoms with Crippen LogP contribution in [0, 0.1) is 5.92 Å². The van der Waals surface area contributed by atoms with Gasteiger partial charge < -0.3 is 9.47 Å². The summed E-state index contributed by atoms with van der Waals surface area (Å²) in [7, 11) is 0. The zero-order valence-corrected chi connectivity index (χ0v) is 14.0. The summed E-state index contributed by atoms with van der Waals surface area (Å²) in [4.78, 5) is 11.9. The van der Waals surface area contributed by atoms with Crippen LogP contribution in [0.4, 0.5) is 22.0 Å². The van der Waals surface area contributed by atoms with Gasteiger partial charge in [0.05, 0.1) is 6.61 Å². The van der Waals surface area contributed by atoms with Crippen LogP contribution in [-0.4, -0.2) is 56.1 Å². The van der Waals surface area contributed by atoms with Gasteiger partial charge in [0.15, 0.2) is 30.9 Å². The van der Waals surface area contributed by atoms with Crippen molar-refractivity contribution in [1.29, 1.82) is 0 Å². The number of ether oxygens (including phenoxy) is 2. The number of hydrogen-bond donors (Lipinski definition) is 0. The van der Waals surface area contributed by atoms with E-state index in [1.54, 1.807) is 0 Å². The molecule has 2 rings (SSSR count). The number of rotatable bonds is 6. The third kappa shape index (κ3) is 4.71. The monoisotopic (exact) mass is 370 g/mol. The first-order valence-electron chi connectivity index (χ1n) is 8.54. The number of halogens is 5. The molecular formula is C17H23F5O3. The lowest BCUT2D eigenvalue weighted by Gasteiger charge is -2.35. The average Bonchev–Trinajstić information content (AvgIpc) is 2.64. The van der Waals surface area contributed by atoms with E-state index >= 15 is 0 Å². The molecule has 0 aromatic rings. The minimum absolute atomic E-state index is 0.309. The second-order valence-electron chi connectivity index (χ2n) is 6.47. The largest absolute Gasteiger partial charge is 0.460 e. The standard InChI is InChI=1S/C17H23F5O3/c1-2-9-3-5-10(6-4-9)17(23)25-8-7-24-16-14(21)12(19)11(18)13(20)15(16)22/h5,9,11-16H,2-4,6-8H2,1H3. The summed E-state index contributed by atoms with van der Waals surface area (Å²) >= 11 is 0. The Morgan fingerprint density at radius 1 is 1.04 bits per heavy atom. The summed E-state index contributed by atoms with van der Waals surface area (Å²) in [6, 6.07) is 0. The Bertz CT molecular complexity index is 471. The smallest absolute Gasteiger partial charge is 0.333 e. The quantitative estimate of drug-likeness (QED) is 0.406. The molecule has 0 aromatic carbocycles. The van der Waals surface area contributed by atoms with Gasteiger partial charge in [-0.2, -0.15) is 0 Å². The molecule has 144 valence electrons. The Kier molecular flexibility index (Phi) is 7.22. The van der Waals surface area contributed by atoms with Crippen LogP contribution in [0.15, 0.2) is 11.6 Å². The fraction of sp³-hybridized carbons (Fsp3) is 0.824. The maximum absolute atomic E-state index is 13.6. The Morgan fingerprint density at radius 2 is 1.64 bits per heavy atom. The van der Waals surface area contributed by atoms with Gasteiger partial charge in [-0.25, -0.2) is 26.7 Å². The molecule has 2 aliphatic carbocycles. The Morgan fingerprint density at radius 3 is 2.16 bits per heavy atom. The fourth-order valence-electron chi connectivity index (χ4n) is 3.10. The SMILES string of the molecule is CCC1CC=C(C(=O)OCCOC2C(F)C(F)C(F)C(F)C2F)CC1. The highest BCUT2D eigenvalue weighted by atomic mass is 19.2. The van der Waals surface area contributed by atoms with Crippen molar-refractivity contribution < 1.29 is 36.2 Å². The number of alkyl halides is 5. The zero-order valence-electron chi connectivity index (χ0n) is 14.0. The first-order valence-corrected chi connectivity index (χ1v) is 8.54. The summed E-state index contributed by atoms with van der Waals surface area (Å²) in [5, 5.41) is 0. The molecule has 0 N–H and O–H groups in total. The maximum atomic E-state index is 13.6. The molecule has 0 saturated heterocycles. The van der Waals surface area contributed by atoms with E-state index in [0.29, 0.717) is 17.9 Å². The van der Waals surface area contributed by atoms with E-state index in [0.717, 1.165) is 19.3 Å². The molecule has 3 nitrogen and oxygen atoms in total. The summed E-state index contributed by atoms with van der Waals surface area (Å²) in [6.07, 6.45) is -10.6. The predicted octanol–water partition coefficient (Wildman–Crippen LogP) is 3.76. The highest BCUT2D eigenvalue weighted by molar-refractivity contribution is 5.88. The van der Waals surface area contributed by atoms with Gasteiger partial charge in [-0.15, -0.1) is 0 Å². The summed E-state index contributed by atoms with van der Waals surface area (Å²) in [5.74, 6) is 0.0155. The van der Waals surface area contributed by atoms with Gasteiger partial charge in [0.2, 0.25) is 0 Å². The van der Waals surface area contributed by atoms with Gasteiger partial charge in [0, 0.05) is 5.57 Å². The lowest BCUT2D eigenvalue weighted by Crippen LogP contribution is -2.57. The van der Waals surface area contributed by atoms with Crippen molar-refractivity contribution in [1.82, 2.24) is 0 Å². The number of carbonyl (C=O) groups is 1.